The van der Waals surface area contributed by atoms with Crippen molar-refractivity contribution in [3.63, 3.8) is 0 Å². The van der Waals surface area contributed by atoms with Crippen molar-refractivity contribution >= 4 is 0 Å². The quantitative estimate of drug-likeness (QED) is 0.591. The number of methoxy groups -OCH3 is 1. The first-order valence-corrected chi connectivity index (χ1v) is 4.57. The van der Waals surface area contributed by atoms with E-state index in [1.165, 1.54) is 0 Å². The zero-order chi connectivity index (χ0) is 9.40. The third kappa shape index (κ3) is 6.38. The molecule has 2 unspecified atom stereocenters. The summed E-state index contributed by atoms with van der Waals surface area (Å²) < 4.78 is 5.12. The standard InChI is InChI=1S/C10H21NO/c1-5-6-7-9(2)11-8-10(3)12-4/h5,9-11H,1,6-8H2,2-4H3. The summed E-state index contributed by atoms with van der Waals surface area (Å²) in [6, 6.07) is 0.556. The van der Waals surface area contributed by atoms with E-state index in [4.69, 9.17) is 4.74 Å². The van der Waals surface area contributed by atoms with Gasteiger partial charge in [-0.25, -0.2) is 0 Å². The molecule has 0 rings (SSSR count). The largest absolute Gasteiger partial charge is 0.380 e. The maximum absolute atomic E-state index is 5.12. The highest BCUT2D eigenvalue weighted by atomic mass is 16.5. The predicted octanol–water partition coefficient (Wildman–Crippen LogP) is 1.97. The lowest BCUT2D eigenvalue weighted by molar-refractivity contribution is 0.114. The number of hydrogen-bond acceptors (Lipinski definition) is 2. The van der Waals surface area contributed by atoms with Gasteiger partial charge in [-0.3, -0.25) is 0 Å². The normalized spacial score (nSPS) is 15.6. The molecule has 0 heterocycles. The van der Waals surface area contributed by atoms with Gasteiger partial charge in [-0.05, 0) is 26.7 Å². The minimum Gasteiger partial charge on any atom is -0.380 e. The van der Waals surface area contributed by atoms with Gasteiger partial charge in [0.1, 0.15) is 0 Å². The highest BCUT2D eigenvalue weighted by Crippen LogP contribution is 1.96. The molecule has 0 aliphatic carbocycles. The van der Waals surface area contributed by atoms with Crippen molar-refractivity contribution in [2.75, 3.05) is 13.7 Å². The van der Waals surface area contributed by atoms with Crippen LogP contribution in [-0.2, 0) is 4.74 Å². The molecule has 0 amide bonds. The summed E-state index contributed by atoms with van der Waals surface area (Å²) in [5.41, 5.74) is 0. The van der Waals surface area contributed by atoms with Crippen LogP contribution in [0.25, 0.3) is 0 Å². The molecule has 0 aliphatic heterocycles. The fourth-order valence-corrected chi connectivity index (χ4v) is 0.920. The Hall–Kier alpha value is -0.340. The zero-order valence-corrected chi connectivity index (χ0v) is 8.47. The lowest BCUT2D eigenvalue weighted by Crippen LogP contribution is -2.33. The Bertz CT molecular complexity index is 114. The molecule has 0 aliphatic rings. The van der Waals surface area contributed by atoms with Gasteiger partial charge in [-0.15, -0.1) is 6.58 Å². The van der Waals surface area contributed by atoms with Crippen molar-refractivity contribution in [1.82, 2.24) is 5.32 Å². The highest BCUT2D eigenvalue weighted by molar-refractivity contribution is 4.71. The summed E-state index contributed by atoms with van der Waals surface area (Å²) in [5, 5.41) is 3.40. The first-order valence-electron chi connectivity index (χ1n) is 4.57. The van der Waals surface area contributed by atoms with E-state index in [0.29, 0.717) is 12.1 Å². The number of nitrogens with one attached hydrogen (secondary N) is 1. The van der Waals surface area contributed by atoms with Crippen molar-refractivity contribution < 1.29 is 4.74 Å². The first-order chi connectivity index (χ1) is 5.70. The Morgan fingerprint density at radius 1 is 1.50 bits per heavy atom. The summed E-state index contributed by atoms with van der Waals surface area (Å²) >= 11 is 0. The van der Waals surface area contributed by atoms with Crippen molar-refractivity contribution in [3.8, 4) is 0 Å². The molecule has 0 saturated heterocycles. The van der Waals surface area contributed by atoms with Gasteiger partial charge in [0, 0.05) is 19.7 Å². The zero-order valence-electron chi connectivity index (χ0n) is 8.47. The van der Waals surface area contributed by atoms with Gasteiger partial charge in [0.05, 0.1) is 6.10 Å². The number of ether oxygens (including phenoxy) is 1. The second-order valence-corrected chi connectivity index (χ2v) is 3.22. The topological polar surface area (TPSA) is 21.3 Å². The lowest BCUT2D eigenvalue weighted by Gasteiger charge is -2.15. The molecule has 72 valence electrons. The average molecular weight is 171 g/mol. The molecule has 0 saturated carbocycles. The van der Waals surface area contributed by atoms with Crippen molar-refractivity contribution in [2.45, 2.75) is 38.8 Å². The molecule has 0 radical (unpaired) electrons. The predicted molar refractivity (Wildman–Crippen MR) is 53.4 cm³/mol. The molecular weight excluding hydrogens is 150 g/mol. The SMILES string of the molecule is C=CCCC(C)NCC(C)OC. The van der Waals surface area contributed by atoms with Gasteiger partial charge in [-0.2, -0.15) is 0 Å². The molecule has 1 N–H and O–H groups in total. The summed E-state index contributed by atoms with van der Waals surface area (Å²) in [6.45, 7) is 8.87. The van der Waals surface area contributed by atoms with Gasteiger partial charge in [0.2, 0.25) is 0 Å². The van der Waals surface area contributed by atoms with E-state index in [9.17, 15) is 0 Å². The maximum Gasteiger partial charge on any atom is 0.0667 e. The molecule has 0 aromatic rings. The number of rotatable bonds is 7. The van der Waals surface area contributed by atoms with Crippen LogP contribution in [0.15, 0.2) is 12.7 Å². The van der Waals surface area contributed by atoms with Crippen molar-refractivity contribution in [3.05, 3.63) is 12.7 Å². The molecule has 0 aromatic carbocycles. The van der Waals surface area contributed by atoms with Gasteiger partial charge in [0.15, 0.2) is 0 Å². The molecule has 12 heavy (non-hydrogen) atoms. The molecule has 2 atom stereocenters. The van der Waals surface area contributed by atoms with Crippen LogP contribution in [0.5, 0.6) is 0 Å². The van der Waals surface area contributed by atoms with Crippen LogP contribution in [-0.4, -0.2) is 25.8 Å². The number of allylic oxidation sites excluding steroid dienone is 1. The lowest BCUT2D eigenvalue weighted by atomic mass is 10.2. The van der Waals surface area contributed by atoms with Crippen molar-refractivity contribution in [1.29, 1.82) is 0 Å². The van der Waals surface area contributed by atoms with Gasteiger partial charge in [0.25, 0.3) is 0 Å². The smallest absolute Gasteiger partial charge is 0.0667 e. The minimum atomic E-state index is 0.302. The Kier molecular flexibility index (Phi) is 7.11. The average Bonchev–Trinajstić information content (AvgIpc) is 2.10. The maximum atomic E-state index is 5.12. The molecule has 0 bridgehead atoms. The van der Waals surface area contributed by atoms with E-state index in [1.54, 1.807) is 7.11 Å². The van der Waals surface area contributed by atoms with Gasteiger partial charge < -0.3 is 10.1 Å². The summed E-state index contributed by atoms with van der Waals surface area (Å²) in [4.78, 5) is 0. The van der Waals surface area contributed by atoms with Crippen LogP contribution in [0.4, 0.5) is 0 Å². The Morgan fingerprint density at radius 3 is 2.67 bits per heavy atom. The van der Waals surface area contributed by atoms with Gasteiger partial charge in [-0.1, -0.05) is 6.08 Å². The van der Waals surface area contributed by atoms with E-state index >= 15 is 0 Å². The fourth-order valence-electron chi connectivity index (χ4n) is 0.920. The van der Waals surface area contributed by atoms with Crippen LogP contribution in [0.2, 0.25) is 0 Å². The molecule has 0 aromatic heterocycles. The number of hydrogen-bond donors (Lipinski definition) is 1. The summed E-state index contributed by atoms with van der Waals surface area (Å²) in [5.74, 6) is 0. The molecular formula is C10H21NO. The van der Waals surface area contributed by atoms with Crippen LogP contribution < -0.4 is 5.32 Å². The Morgan fingerprint density at radius 2 is 2.17 bits per heavy atom. The van der Waals surface area contributed by atoms with Crippen LogP contribution >= 0.6 is 0 Å². The van der Waals surface area contributed by atoms with Gasteiger partial charge >= 0.3 is 0 Å². The molecule has 0 fully saturated rings. The first kappa shape index (κ1) is 11.7. The minimum absolute atomic E-state index is 0.302. The fraction of sp³-hybridized carbons (Fsp3) is 0.800. The van der Waals surface area contributed by atoms with Crippen LogP contribution in [0.1, 0.15) is 26.7 Å². The Labute approximate surface area is 76.0 Å². The monoisotopic (exact) mass is 171 g/mol. The summed E-state index contributed by atoms with van der Waals surface area (Å²) in [6.07, 6.45) is 4.49. The van der Waals surface area contributed by atoms with E-state index in [2.05, 4.69) is 25.7 Å². The van der Waals surface area contributed by atoms with Crippen molar-refractivity contribution in [2.24, 2.45) is 0 Å². The highest BCUT2D eigenvalue weighted by Gasteiger charge is 2.02. The molecule has 2 nitrogen and oxygen atoms in total. The second-order valence-electron chi connectivity index (χ2n) is 3.22. The van der Waals surface area contributed by atoms with E-state index in [0.717, 1.165) is 19.4 Å². The molecule has 0 spiro atoms. The van der Waals surface area contributed by atoms with E-state index in [-0.39, 0.29) is 0 Å². The molecule has 2 heteroatoms. The summed E-state index contributed by atoms with van der Waals surface area (Å²) in [7, 11) is 1.74. The third-order valence-corrected chi connectivity index (χ3v) is 1.96. The Balaban J connectivity index is 3.29. The van der Waals surface area contributed by atoms with E-state index < -0.39 is 0 Å². The van der Waals surface area contributed by atoms with E-state index in [1.807, 2.05) is 6.08 Å². The van der Waals surface area contributed by atoms with Crippen LogP contribution in [0, 0.1) is 0 Å². The second kappa shape index (κ2) is 7.32. The third-order valence-electron chi connectivity index (χ3n) is 1.96. The van der Waals surface area contributed by atoms with Crippen LogP contribution in [0.3, 0.4) is 0 Å².